The second kappa shape index (κ2) is 15.8. The first-order valence-corrected chi connectivity index (χ1v) is 12.9. The van der Waals surface area contributed by atoms with Crippen LogP contribution < -0.4 is 15.5 Å². The van der Waals surface area contributed by atoms with E-state index in [2.05, 4.69) is 57.7 Å². The number of halogens is 1. The van der Waals surface area contributed by atoms with Gasteiger partial charge in [0, 0.05) is 58.1 Å². The third-order valence-electron chi connectivity index (χ3n) is 7.16. The Kier molecular flexibility index (Phi) is 13.5. The van der Waals surface area contributed by atoms with Crippen molar-refractivity contribution >= 4 is 35.6 Å². The molecule has 1 aromatic rings. The van der Waals surface area contributed by atoms with Gasteiger partial charge in [0.2, 0.25) is 0 Å². The zero-order valence-corrected chi connectivity index (χ0v) is 22.9. The molecule has 0 spiro atoms. The lowest BCUT2D eigenvalue weighted by atomic mass is 9.72. The predicted molar refractivity (Wildman–Crippen MR) is 151 cm³/mol. The number of nitrogens with zero attached hydrogens (tertiary/aromatic N) is 3. The van der Waals surface area contributed by atoms with Gasteiger partial charge in [0.15, 0.2) is 5.96 Å². The van der Waals surface area contributed by atoms with Gasteiger partial charge in [-0.15, -0.1) is 24.0 Å². The maximum absolute atomic E-state index is 9.55. The van der Waals surface area contributed by atoms with Gasteiger partial charge in [-0.1, -0.05) is 37.5 Å². The van der Waals surface area contributed by atoms with Gasteiger partial charge >= 0.3 is 0 Å². The molecule has 33 heavy (non-hydrogen) atoms. The largest absolute Gasteiger partial charge is 0.396 e. The van der Waals surface area contributed by atoms with Gasteiger partial charge in [-0.05, 0) is 63.1 Å². The monoisotopic (exact) mass is 571 g/mol. The van der Waals surface area contributed by atoms with Gasteiger partial charge in [-0.3, -0.25) is 9.89 Å². The lowest BCUT2D eigenvalue weighted by Gasteiger charge is -2.36. The number of benzene rings is 1. The number of aliphatic hydroxyl groups is 1. The molecule has 2 aliphatic rings. The minimum Gasteiger partial charge on any atom is -0.396 e. The van der Waals surface area contributed by atoms with Crippen molar-refractivity contribution in [1.29, 1.82) is 0 Å². The van der Waals surface area contributed by atoms with Crippen molar-refractivity contribution in [2.45, 2.75) is 58.3 Å². The number of hydrogen-bond acceptors (Lipinski definition) is 4. The molecule has 0 unspecified atom stereocenters. The van der Waals surface area contributed by atoms with E-state index in [4.69, 9.17) is 4.99 Å². The van der Waals surface area contributed by atoms with Crippen molar-refractivity contribution in [1.82, 2.24) is 15.5 Å². The van der Waals surface area contributed by atoms with E-state index in [1.807, 2.05) is 0 Å². The van der Waals surface area contributed by atoms with Crippen LogP contribution in [0.25, 0.3) is 0 Å². The van der Waals surface area contributed by atoms with Crippen LogP contribution in [0.5, 0.6) is 0 Å². The third-order valence-corrected chi connectivity index (χ3v) is 7.16. The summed E-state index contributed by atoms with van der Waals surface area (Å²) in [5, 5.41) is 16.5. The number of guanidine groups is 1. The molecule has 0 aromatic heterocycles. The van der Waals surface area contributed by atoms with E-state index >= 15 is 0 Å². The number of nitrogens with one attached hydrogen (secondary N) is 2. The van der Waals surface area contributed by atoms with Crippen LogP contribution in [-0.2, 0) is 0 Å². The zero-order chi connectivity index (χ0) is 22.5. The number of anilines is 1. The fourth-order valence-electron chi connectivity index (χ4n) is 5.15. The van der Waals surface area contributed by atoms with Gasteiger partial charge in [-0.25, -0.2) is 0 Å². The number of unbranched alkanes of at least 4 members (excludes halogenated alkanes) is 1. The molecule has 3 N–H and O–H groups in total. The standard InChI is InChI=1S/C26H45N5O.HI/c1-2-27-25(29-23-26(15-22-32)13-7-4-8-14-26)28-16-9-10-17-30-18-20-31(21-19-30)24-11-5-3-6-12-24;/h3,5-6,11-12,32H,2,4,7-10,13-23H2,1H3,(H2,27,28,29);1H. The van der Waals surface area contributed by atoms with Crippen molar-refractivity contribution in [2.75, 3.05) is 63.9 Å². The number of aliphatic hydroxyl groups excluding tert-OH is 1. The zero-order valence-electron chi connectivity index (χ0n) is 20.6. The van der Waals surface area contributed by atoms with Crippen molar-refractivity contribution < 1.29 is 5.11 Å². The highest BCUT2D eigenvalue weighted by Crippen LogP contribution is 2.39. The molecule has 1 saturated heterocycles. The van der Waals surface area contributed by atoms with Gasteiger partial charge in [0.25, 0.3) is 0 Å². The summed E-state index contributed by atoms with van der Waals surface area (Å²) in [5.41, 5.74) is 1.55. The topological polar surface area (TPSA) is 63.1 Å². The number of aliphatic imine (C=N–C) groups is 1. The van der Waals surface area contributed by atoms with Crippen LogP contribution in [0.1, 0.15) is 58.3 Å². The molecule has 2 fully saturated rings. The number of para-hydroxylation sites is 1. The molecule has 1 saturated carbocycles. The van der Waals surface area contributed by atoms with Crippen LogP contribution in [0.2, 0.25) is 0 Å². The van der Waals surface area contributed by atoms with E-state index in [1.54, 1.807) is 0 Å². The lowest BCUT2D eigenvalue weighted by molar-refractivity contribution is 0.137. The predicted octanol–water partition coefficient (Wildman–Crippen LogP) is 4.09. The second-order valence-corrected chi connectivity index (χ2v) is 9.53. The summed E-state index contributed by atoms with van der Waals surface area (Å²) in [5.74, 6) is 0.937. The highest BCUT2D eigenvalue weighted by atomic mass is 127. The number of rotatable bonds is 11. The normalized spacial score (nSPS) is 19.1. The molecule has 188 valence electrons. The van der Waals surface area contributed by atoms with Crippen molar-refractivity contribution in [3.63, 3.8) is 0 Å². The Bertz CT molecular complexity index is 652. The second-order valence-electron chi connectivity index (χ2n) is 9.53. The van der Waals surface area contributed by atoms with E-state index < -0.39 is 0 Å². The SMILES string of the molecule is CCNC(=NCC1(CCO)CCCCC1)NCCCCN1CCN(c2ccccc2)CC1.I. The van der Waals surface area contributed by atoms with Crippen LogP contribution in [0, 0.1) is 5.41 Å². The van der Waals surface area contributed by atoms with Gasteiger partial charge in [-0.2, -0.15) is 0 Å². The summed E-state index contributed by atoms with van der Waals surface area (Å²) in [6.07, 6.45) is 9.54. The molecule has 1 aromatic carbocycles. The summed E-state index contributed by atoms with van der Waals surface area (Å²) in [4.78, 5) is 10.0. The van der Waals surface area contributed by atoms with Crippen LogP contribution in [0.4, 0.5) is 5.69 Å². The van der Waals surface area contributed by atoms with Crippen LogP contribution in [0.3, 0.4) is 0 Å². The van der Waals surface area contributed by atoms with E-state index in [0.29, 0.717) is 0 Å². The van der Waals surface area contributed by atoms with Gasteiger partial charge in [0.1, 0.15) is 0 Å². The highest BCUT2D eigenvalue weighted by Gasteiger charge is 2.31. The average Bonchev–Trinajstić information content (AvgIpc) is 2.84. The first-order valence-electron chi connectivity index (χ1n) is 12.9. The summed E-state index contributed by atoms with van der Waals surface area (Å²) in [7, 11) is 0. The first-order chi connectivity index (χ1) is 15.7. The van der Waals surface area contributed by atoms with Crippen LogP contribution in [0.15, 0.2) is 35.3 Å². The highest BCUT2D eigenvalue weighted by molar-refractivity contribution is 14.0. The van der Waals surface area contributed by atoms with E-state index in [-0.39, 0.29) is 36.0 Å². The fraction of sp³-hybridized carbons (Fsp3) is 0.731. The Morgan fingerprint density at radius 2 is 1.73 bits per heavy atom. The molecule has 0 atom stereocenters. The number of piperazine rings is 1. The molecule has 0 radical (unpaired) electrons. The molecule has 1 aliphatic carbocycles. The Morgan fingerprint density at radius 3 is 2.39 bits per heavy atom. The van der Waals surface area contributed by atoms with E-state index in [9.17, 15) is 5.11 Å². The maximum atomic E-state index is 9.55. The molecule has 1 aliphatic heterocycles. The summed E-state index contributed by atoms with van der Waals surface area (Å²) >= 11 is 0. The smallest absolute Gasteiger partial charge is 0.191 e. The van der Waals surface area contributed by atoms with E-state index in [0.717, 1.165) is 64.6 Å². The van der Waals surface area contributed by atoms with Crippen LogP contribution >= 0.6 is 24.0 Å². The fourth-order valence-corrected chi connectivity index (χ4v) is 5.15. The third kappa shape index (κ3) is 9.61. The first kappa shape index (κ1) is 28.2. The molecule has 3 rings (SSSR count). The Hall–Kier alpha value is -1.06. The molecule has 6 nitrogen and oxygen atoms in total. The Balaban J connectivity index is 0.00000385. The Morgan fingerprint density at radius 1 is 1.00 bits per heavy atom. The van der Waals surface area contributed by atoms with Crippen molar-refractivity contribution in [3.8, 4) is 0 Å². The minimum atomic E-state index is 0. The lowest BCUT2D eigenvalue weighted by Crippen LogP contribution is -2.46. The number of hydrogen-bond donors (Lipinski definition) is 3. The molecule has 0 bridgehead atoms. The molecule has 1 heterocycles. The Labute approximate surface area is 218 Å². The molecule has 0 amide bonds. The summed E-state index contributed by atoms with van der Waals surface area (Å²) < 4.78 is 0. The van der Waals surface area contributed by atoms with Crippen molar-refractivity contribution in [3.05, 3.63) is 30.3 Å². The average molecular weight is 572 g/mol. The quantitative estimate of drug-likeness (QED) is 0.162. The minimum absolute atomic E-state index is 0. The summed E-state index contributed by atoms with van der Waals surface area (Å²) in [6.45, 7) is 10.8. The van der Waals surface area contributed by atoms with E-state index in [1.165, 1.54) is 50.8 Å². The van der Waals surface area contributed by atoms with Gasteiger partial charge < -0.3 is 20.6 Å². The molecular weight excluding hydrogens is 525 g/mol. The van der Waals surface area contributed by atoms with Crippen molar-refractivity contribution in [2.24, 2.45) is 10.4 Å². The van der Waals surface area contributed by atoms with Gasteiger partial charge in [0.05, 0.1) is 0 Å². The van der Waals surface area contributed by atoms with Crippen LogP contribution in [-0.4, -0.2) is 74.9 Å². The summed E-state index contributed by atoms with van der Waals surface area (Å²) in [6, 6.07) is 10.8. The molecule has 7 heteroatoms. The molecular formula is C26H46IN5O. The maximum Gasteiger partial charge on any atom is 0.191 e.